The number of amides is 1. The number of aromatic amines is 1. The molecule has 0 saturated carbocycles. The van der Waals surface area contributed by atoms with Crippen LogP contribution >= 0.6 is 22.9 Å². The van der Waals surface area contributed by atoms with Crippen LogP contribution < -0.4 is 5.56 Å². The van der Waals surface area contributed by atoms with E-state index in [2.05, 4.69) is 9.97 Å². The molecule has 1 aromatic carbocycles. The fourth-order valence-electron chi connectivity index (χ4n) is 3.63. The van der Waals surface area contributed by atoms with Gasteiger partial charge in [0.05, 0.1) is 15.9 Å². The third-order valence-electron chi connectivity index (χ3n) is 5.40. The molecule has 1 aliphatic rings. The number of fused-ring (bicyclic) bond motifs is 1. The number of carbonyl (C=O) groups excluding carboxylic acids is 1. The highest BCUT2D eigenvalue weighted by molar-refractivity contribution is 7.18. The SMILES string of the molecule is Cc1sc2nc(C(=Cc3ccc(Cl)c([N+](=O)[O-])c3)C(=O)N3CCCC3)[nH]c(=O)c2c1C. The van der Waals surface area contributed by atoms with E-state index in [0.717, 1.165) is 23.3 Å². The molecule has 0 spiro atoms. The molecular formula is C21H19ClN4O4S. The predicted octanol–water partition coefficient (Wildman–Crippen LogP) is 4.33. The zero-order valence-electron chi connectivity index (χ0n) is 16.9. The minimum Gasteiger partial charge on any atom is -0.339 e. The molecule has 0 bridgehead atoms. The van der Waals surface area contributed by atoms with Crippen molar-refractivity contribution in [1.29, 1.82) is 0 Å². The number of nitrogens with one attached hydrogen (secondary N) is 1. The van der Waals surface area contributed by atoms with Gasteiger partial charge in [-0.05, 0) is 50.0 Å². The van der Waals surface area contributed by atoms with E-state index >= 15 is 0 Å². The summed E-state index contributed by atoms with van der Waals surface area (Å²) in [5, 5.41) is 11.8. The molecule has 0 unspecified atom stereocenters. The second kappa shape index (κ2) is 8.24. The van der Waals surface area contributed by atoms with Crippen molar-refractivity contribution in [1.82, 2.24) is 14.9 Å². The van der Waals surface area contributed by atoms with E-state index in [9.17, 15) is 19.7 Å². The first-order valence-electron chi connectivity index (χ1n) is 9.71. The topological polar surface area (TPSA) is 109 Å². The summed E-state index contributed by atoms with van der Waals surface area (Å²) in [6, 6.07) is 4.30. The van der Waals surface area contributed by atoms with E-state index in [-0.39, 0.29) is 33.6 Å². The fraction of sp³-hybridized carbons (Fsp3) is 0.286. The number of benzene rings is 1. The molecule has 31 heavy (non-hydrogen) atoms. The molecule has 0 aliphatic carbocycles. The van der Waals surface area contributed by atoms with E-state index in [4.69, 9.17) is 11.6 Å². The van der Waals surface area contributed by atoms with Crippen LogP contribution in [0, 0.1) is 24.0 Å². The van der Waals surface area contributed by atoms with E-state index in [0.29, 0.717) is 28.9 Å². The van der Waals surface area contributed by atoms with Crippen LogP contribution in [-0.2, 0) is 4.79 Å². The lowest BCUT2D eigenvalue weighted by Crippen LogP contribution is -2.29. The molecule has 0 radical (unpaired) electrons. The Labute approximate surface area is 186 Å². The van der Waals surface area contributed by atoms with Crippen LogP contribution in [0.15, 0.2) is 23.0 Å². The number of carbonyl (C=O) groups is 1. The molecule has 8 nitrogen and oxygen atoms in total. The van der Waals surface area contributed by atoms with Crippen molar-refractivity contribution in [2.75, 3.05) is 13.1 Å². The van der Waals surface area contributed by atoms with Crippen molar-refractivity contribution >= 4 is 56.4 Å². The fourth-order valence-corrected chi connectivity index (χ4v) is 4.85. The van der Waals surface area contributed by atoms with Crippen molar-refractivity contribution in [3.63, 3.8) is 0 Å². The second-order valence-electron chi connectivity index (χ2n) is 7.40. The number of aromatic nitrogens is 2. The average molecular weight is 459 g/mol. The molecule has 1 N–H and O–H groups in total. The Kier molecular flexibility index (Phi) is 5.63. The maximum Gasteiger partial charge on any atom is 0.288 e. The number of hydrogen-bond acceptors (Lipinski definition) is 6. The summed E-state index contributed by atoms with van der Waals surface area (Å²) in [5.74, 6) is -0.129. The van der Waals surface area contributed by atoms with Gasteiger partial charge in [0.25, 0.3) is 17.2 Å². The first kappa shape index (κ1) is 21.2. The summed E-state index contributed by atoms with van der Waals surface area (Å²) < 4.78 is 0. The molecule has 4 rings (SSSR count). The second-order valence-corrected chi connectivity index (χ2v) is 9.01. The van der Waals surface area contributed by atoms with Crippen LogP contribution in [-0.4, -0.2) is 38.8 Å². The number of aryl methyl sites for hydroxylation is 2. The van der Waals surface area contributed by atoms with E-state index in [1.807, 2.05) is 13.8 Å². The predicted molar refractivity (Wildman–Crippen MR) is 122 cm³/mol. The van der Waals surface area contributed by atoms with Crippen LogP contribution in [0.1, 0.15) is 34.7 Å². The molecule has 0 atom stereocenters. The van der Waals surface area contributed by atoms with Crippen LogP contribution in [0.2, 0.25) is 5.02 Å². The maximum atomic E-state index is 13.3. The van der Waals surface area contributed by atoms with Crippen molar-refractivity contribution < 1.29 is 9.72 Å². The molecule has 1 fully saturated rings. The smallest absolute Gasteiger partial charge is 0.288 e. The highest BCUT2D eigenvalue weighted by atomic mass is 35.5. The van der Waals surface area contributed by atoms with Crippen molar-refractivity contribution in [2.45, 2.75) is 26.7 Å². The number of likely N-dealkylation sites (tertiary alicyclic amines) is 1. The molecule has 1 amide bonds. The van der Waals surface area contributed by atoms with E-state index in [1.54, 1.807) is 11.0 Å². The van der Waals surface area contributed by atoms with Crippen LogP contribution in [0.5, 0.6) is 0 Å². The van der Waals surface area contributed by atoms with Gasteiger partial charge in [0.15, 0.2) is 0 Å². The lowest BCUT2D eigenvalue weighted by atomic mass is 10.1. The van der Waals surface area contributed by atoms with Crippen molar-refractivity contribution in [3.8, 4) is 0 Å². The molecule has 2 aromatic heterocycles. The summed E-state index contributed by atoms with van der Waals surface area (Å²) in [4.78, 5) is 47.3. The Morgan fingerprint density at radius 1 is 1.32 bits per heavy atom. The van der Waals surface area contributed by atoms with Gasteiger partial charge in [-0.3, -0.25) is 19.7 Å². The Morgan fingerprint density at radius 3 is 2.71 bits per heavy atom. The lowest BCUT2D eigenvalue weighted by Gasteiger charge is -2.17. The van der Waals surface area contributed by atoms with Gasteiger partial charge in [0, 0.05) is 24.0 Å². The summed E-state index contributed by atoms with van der Waals surface area (Å²) in [6.45, 7) is 5.00. The Morgan fingerprint density at radius 2 is 2.03 bits per heavy atom. The van der Waals surface area contributed by atoms with E-state index in [1.165, 1.54) is 29.5 Å². The Hall–Kier alpha value is -3.04. The molecule has 3 aromatic rings. The highest BCUT2D eigenvalue weighted by Gasteiger charge is 2.25. The monoisotopic (exact) mass is 458 g/mol. The molecular weight excluding hydrogens is 440 g/mol. The van der Waals surface area contributed by atoms with Gasteiger partial charge in [0.1, 0.15) is 15.7 Å². The van der Waals surface area contributed by atoms with Crippen molar-refractivity contribution in [2.24, 2.45) is 0 Å². The Bertz CT molecular complexity index is 1300. The van der Waals surface area contributed by atoms with Gasteiger partial charge in [-0.15, -0.1) is 11.3 Å². The number of nitro groups is 1. The minimum atomic E-state index is -0.578. The minimum absolute atomic E-state index is 0.00653. The van der Waals surface area contributed by atoms with Gasteiger partial charge in [-0.25, -0.2) is 4.98 Å². The molecule has 10 heteroatoms. The van der Waals surface area contributed by atoms with Crippen molar-refractivity contribution in [3.05, 3.63) is 65.5 Å². The molecule has 1 saturated heterocycles. The van der Waals surface area contributed by atoms with Crippen LogP contribution in [0.25, 0.3) is 21.9 Å². The zero-order chi connectivity index (χ0) is 22.3. The number of H-pyrrole nitrogens is 1. The lowest BCUT2D eigenvalue weighted by molar-refractivity contribution is -0.384. The van der Waals surface area contributed by atoms with Gasteiger partial charge >= 0.3 is 0 Å². The van der Waals surface area contributed by atoms with Gasteiger partial charge in [-0.2, -0.15) is 0 Å². The summed E-state index contributed by atoms with van der Waals surface area (Å²) >= 11 is 7.31. The number of rotatable bonds is 4. The summed E-state index contributed by atoms with van der Waals surface area (Å²) in [5.41, 5.74) is 0.889. The molecule has 160 valence electrons. The number of nitro benzene ring substituents is 1. The number of halogens is 1. The number of hydrogen-bond donors (Lipinski definition) is 1. The summed E-state index contributed by atoms with van der Waals surface area (Å²) in [6.07, 6.45) is 3.32. The largest absolute Gasteiger partial charge is 0.339 e. The summed E-state index contributed by atoms with van der Waals surface area (Å²) in [7, 11) is 0. The Balaban J connectivity index is 1.90. The van der Waals surface area contributed by atoms with Crippen LogP contribution in [0.4, 0.5) is 5.69 Å². The third-order valence-corrected chi connectivity index (χ3v) is 6.82. The third kappa shape index (κ3) is 3.98. The number of thiophene rings is 1. The van der Waals surface area contributed by atoms with E-state index < -0.39 is 4.92 Å². The standard InChI is InChI=1S/C21H19ClN4O4S/c1-11-12(2)31-20-17(11)19(27)23-18(24-20)14(21(28)25-7-3-4-8-25)9-13-5-6-15(22)16(10-13)26(29)30/h5-6,9-10H,3-4,7-8H2,1-2H3,(H,23,24,27). The average Bonchev–Trinajstić information content (AvgIpc) is 3.35. The normalized spacial score (nSPS) is 14.4. The maximum absolute atomic E-state index is 13.3. The molecule has 3 heterocycles. The van der Waals surface area contributed by atoms with Gasteiger partial charge in [-0.1, -0.05) is 17.7 Å². The van der Waals surface area contributed by atoms with Gasteiger partial charge in [0.2, 0.25) is 0 Å². The van der Waals surface area contributed by atoms with Crippen LogP contribution in [0.3, 0.4) is 0 Å². The molecule has 1 aliphatic heterocycles. The number of nitrogens with zero attached hydrogens (tertiary/aromatic N) is 3. The zero-order valence-corrected chi connectivity index (χ0v) is 18.5. The highest BCUT2D eigenvalue weighted by Crippen LogP contribution is 2.30. The van der Waals surface area contributed by atoms with Gasteiger partial charge < -0.3 is 9.88 Å². The quantitative estimate of drug-likeness (QED) is 0.355. The first-order chi connectivity index (χ1) is 14.8. The first-order valence-corrected chi connectivity index (χ1v) is 10.9.